The van der Waals surface area contributed by atoms with Crippen LogP contribution in [0.1, 0.15) is 10.7 Å². The summed E-state index contributed by atoms with van der Waals surface area (Å²) in [6.45, 7) is 0. The van der Waals surface area contributed by atoms with E-state index in [1.807, 2.05) is 0 Å². The first-order valence-electron chi connectivity index (χ1n) is 7.60. The molecule has 12 heteroatoms. The Hall–Kier alpha value is -3.83. The van der Waals surface area contributed by atoms with Crippen LogP contribution < -0.4 is 20.1 Å². The number of methoxy groups -OCH3 is 1. The predicted molar refractivity (Wildman–Crippen MR) is 89.4 cm³/mol. The topological polar surface area (TPSA) is 111 Å². The number of carbonyl (C=O) groups excluding carboxylic acids is 1. The van der Waals surface area contributed by atoms with Crippen molar-refractivity contribution in [3.63, 3.8) is 0 Å². The van der Waals surface area contributed by atoms with Crippen molar-refractivity contribution >= 4 is 23.3 Å². The van der Waals surface area contributed by atoms with Crippen LogP contribution in [0.25, 0.3) is 0 Å². The molecule has 28 heavy (non-hydrogen) atoms. The lowest BCUT2D eigenvalue weighted by molar-refractivity contribution is -0.274. The summed E-state index contributed by atoms with van der Waals surface area (Å²) >= 11 is 0. The molecular weight excluding hydrogens is 383 g/mol. The van der Waals surface area contributed by atoms with Crippen molar-refractivity contribution in [3.05, 3.63) is 48.5 Å². The van der Waals surface area contributed by atoms with Gasteiger partial charge in [-0.25, -0.2) is 4.98 Å². The van der Waals surface area contributed by atoms with Gasteiger partial charge in [0.05, 0.1) is 19.0 Å². The first kappa shape index (κ1) is 18.9. The second-order valence-electron chi connectivity index (χ2n) is 5.16. The molecule has 2 aromatic heterocycles. The Bertz CT molecular complexity index is 959. The molecule has 0 unspecified atom stereocenters. The number of nitrogens with zero attached hydrogens (tertiary/aromatic N) is 3. The summed E-state index contributed by atoms with van der Waals surface area (Å²) in [5, 5.41) is 12.3. The van der Waals surface area contributed by atoms with Gasteiger partial charge in [-0.05, 0) is 18.2 Å². The predicted octanol–water partition coefficient (Wildman–Crippen LogP) is 3.37. The fraction of sp³-hybridized carbons (Fsp3) is 0.125. The maximum absolute atomic E-state index is 12.3. The van der Waals surface area contributed by atoms with Crippen molar-refractivity contribution < 1.29 is 31.9 Å². The van der Waals surface area contributed by atoms with E-state index in [2.05, 4.69) is 30.6 Å². The first-order chi connectivity index (χ1) is 13.3. The minimum absolute atomic E-state index is 0.191. The fourth-order valence-electron chi connectivity index (χ4n) is 2.02. The van der Waals surface area contributed by atoms with Crippen molar-refractivity contribution in [3.8, 4) is 11.6 Å². The van der Waals surface area contributed by atoms with Gasteiger partial charge in [0.25, 0.3) is 0 Å². The number of amides is 1. The van der Waals surface area contributed by atoms with E-state index in [9.17, 15) is 18.0 Å². The van der Waals surface area contributed by atoms with Crippen LogP contribution in [0.4, 0.5) is 30.6 Å². The van der Waals surface area contributed by atoms with E-state index in [0.717, 1.165) is 12.1 Å². The maximum atomic E-state index is 12.3. The number of carbonyl (C=O) groups is 1. The average molecular weight is 395 g/mol. The van der Waals surface area contributed by atoms with Crippen LogP contribution in [0, 0.1) is 0 Å². The Morgan fingerprint density at radius 1 is 1.14 bits per heavy atom. The smallest absolute Gasteiger partial charge is 0.481 e. The van der Waals surface area contributed by atoms with Gasteiger partial charge in [0.1, 0.15) is 5.75 Å². The maximum Gasteiger partial charge on any atom is 0.573 e. The summed E-state index contributed by atoms with van der Waals surface area (Å²) in [5.41, 5.74) is 0.562. The molecule has 0 fully saturated rings. The molecule has 2 N–H and O–H groups in total. The van der Waals surface area contributed by atoms with Crippen LogP contribution >= 0.6 is 0 Å². The SMILES string of the molecule is COc1ccc(NC(=O)c2nnc(Nc3cccc(OC(F)(F)F)c3)o2)cn1. The summed E-state index contributed by atoms with van der Waals surface area (Å²) < 4.78 is 50.7. The van der Waals surface area contributed by atoms with Crippen molar-refractivity contribution in [2.75, 3.05) is 17.7 Å². The fourth-order valence-corrected chi connectivity index (χ4v) is 2.02. The Morgan fingerprint density at radius 2 is 1.96 bits per heavy atom. The molecule has 2 heterocycles. The molecule has 0 saturated heterocycles. The van der Waals surface area contributed by atoms with E-state index in [0.29, 0.717) is 11.6 Å². The Balaban J connectivity index is 1.65. The summed E-state index contributed by atoms with van der Waals surface area (Å²) in [5.74, 6) is -1.11. The molecule has 146 valence electrons. The zero-order chi connectivity index (χ0) is 20.1. The van der Waals surface area contributed by atoms with Crippen LogP contribution in [0.2, 0.25) is 0 Å². The molecular formula is C16H12F3N5O4. The number of pyridine rings is 1. The van der Waals surface area contributed by atoms with E-state index in [1.165, 1.54) is 25.4 Å². The number of hydrogen-bond acceptors (Lipinski definition) is 8. The normalized spacial score (nSPS) is 11.0. The second kappa shape index (κ2) is 7.82. The van der Waals surface area contributed by atoms with Crippen LogP contribution in [0.5, 0.6) is 11.6 Å². The zero-order valence-electron chi connectivity index (χ0n) is 14.1. The molecule has 0 aliphatic rings. The molecule has 0 aliphatic carbocycles. The minimum Gasteiger partial charge on any atom is -0.481 e. The van der Waals surface area contributed by atoms with Gasteiger partial charge in [-0.2, -0.15) is 0 Å². The summed E-state index contributed by atoms with van der Waals surface area (Å²) in [7, 11) is 1.46. The Morgan fingerprint density at radius 3 is 2.64 bits per heavy atom. The Labute approximate surface area is 155 Å². The average Bonchev–Trinajstić information content (AvgIpc) is 3.10. The van der Waals surface area contributed by atoms with Gasteiger partial charge in [-0.1, -0.05) is 11.2 Å². The third kappa shape index (κ3) is 5.09. The molecule has 3 rings (SSSR count). The van der Waals surface area contributed by atoms with Gasteiger partial charge in [-0.3, -0.25) is 4.79 Å². The molecule has 0 atom stereocenters. The van der Waals surface area contributed by atoms with Gasteiger partial charge in [0.2, 0.25) is 5.88 Å². The van der Waals surface area contributed by atoms with Crippen LogP contribution in [-0.4, -0.2) is 34.6 Å². The van der Waals surface area contributed by atoms with Crippen LogP contribution in [0.15, 0.2) is 47.0 Å². The number of rotatable bonds is 6. The highest BCUT2D eigenvalue weighted by atomic mass is 19.4. The number of halogens is 3. The van der Waals surface area contributed by atoms with Gasteiger partial charge in [0, 0.05) is 17.8 Å². The van der Waals surface area contributed by atoms with E-state index < -0.39 is 18.0 Å². The number of benzene rings is 1. The number of aromatic nitrogens is 3. The molecule has 1 amide bonds. The van der Waals surface area contributed by atoms with Gasteiger partial charge in [0.15, 0.2) is 0 Å². The van der Waals surface area contributed by atoms with E-state index in [4.69, 9.17) is 9.15 Å². The molecule has 1 aromatic carbocycles. The van der Waals surface area contributed by atoms with Crippen molar-refractivity contribution in [1.82, 2.24) is 15.2 Å². The quantitative estimate of drug-likeness (QED) is 0.654. The summed E-state index contributed by atoms with van der Waals surface area (Å²) in [6, 6.07) is 7.93. The molecule has 0 spiro atoms. The number of ether oxygens (including phenoxy) is 2. The van der Waals surface area contributed by atoms with Gasteiger partial charge < -0.3 is 24.5 Å². The summed E-state index contributed by atoms with van der Waals surface area (Å²) in [4.78, 5) is 16.0. The minimum atomic E-state index is -4.81. The van der Waals surface area contributed by atoms with Gasteiger partial charge >= 0.3 is 24.2 Å². The second-order valence-corrected chi connectivity index (χ2v) is 5.16. The number of anilines is 3. The van der Waals surface area contributed by atoms with Crippen LogP contribution in [-0.2, 0) is 0 Å². The monoisotopic (exact) mass is 395 g/mol. The largest absolute Gasteiger partial charge is 0.573 e. The molecule has 3 aromatic rings. The summed E-state index contributed by atoms with van der Waals surface area (Å²) in [6.07, 6.45) is -3.44. The zero-order valence-corrected chi connectivity index (χ0v) is 14.1. The molecule has 0 aliphatic heterocycles. The van der Waals surface area contributed by atoms with Crippen molar-refractivity contribution in [2.24, 2.45) is 0 Å². The highest BCUT2D eigenvalue weighted by molar-refractivity contribution is 6.00. The number of nitrogens with one attached hydrogen (secondary N) is 2. The molecule has 9 nitrogen and oxygen atoms in total. The van der Waals surface area contributed by atoms with Crippen LogP contribution in [0.3, 0.4) is 0 Å². The third-order valence-electron chi connectivity index (χ3n) is 3.14. The van der Waals surface area contributed by atoms with Crippen molar-refractivity contribution in [2.45, 2.75) is 6.36 Å². The highest BCUT2D eigenvalue weighted by Gasteiger charge is 2.31. The lowest BCUT2D eigenvalue weighted by Gasteiger charge is -2.09. The first-order valence-corrected chi connectivity index (χ1v) is 7.60. The molecule has 0 saturated carbocycles. The Kier molecular flexibility index (Phi) is 5.29. The van der Waals surface area contributed by atoms with Crippen molar-refractivity contribution in [1.29, 1.82) is 0 Å². The number of alkyl halides is 3. The van der Waals surface area contributed by atoms with E-state index >= 15 is 0 Å². The molecule has 0 bridgehead atoms. The lowest BCUT2D eigenvalue weighted by Crippen LogP contribution is -2.17. The number of hydrogen-bond donors (Lipinski definition) is 2. The third-order valence-corrected chi connectivity index (χ3v) is 3.14. The highest BCUT2D eigenvalue weighted by Crippen LogP contribution is 2.26. The lowest BCUT2D eigenvalue weighted by atomic mass is 10.3. The van der Waals surface area contributed by atoms with E-state index in [1.54, 1.807) is 12.1 Å². The standard InChI is InChI=1S/C16H12F3N5O4/c1-26-12-6-5-10(8-20-12)21-13(25)14-23-24-15(27-14)22-9-3-2-4-11(7-9)28-16(17,18)19/h2-8H,1H3,(H,21,25)(H,22,24). The van der Waals surface area contributed by atoms with Gasteiger partial charge in [-0.15, -0.1) is 18.3 Å². The van der Waals surface area contributed by atoms with E-state index in [-0.39, 0.29) is 17.6 Å². The molecule has 0 radical (unpaired) electrons.